The molecule has 0 amide bonds. The summed E-state index contributed by atoms with van der Waals surface area (Å²) >= 11 is 0. The molecule has 3 rings (SSSR count). The number of piperazine rings is 1. The van der Waals surface area contributed by atoms with Crippen LogP contribution >= 0.6 is 0 Å². The van der Waals surface area contributed by atoms with Crippen LogP contribution in [0.4, 0.5) is 32.3 Å². The number of rotatable bonds is 3. The van der Waals surface area contributed by atoms with Crippen molar-refractivity contribution in [1.82, 2.24) is 14.9 Å². The molecule has 4 nitrogen and oxygen atoms in total. The predicted octanol–water partition coefficient (Wildman–Crippen LogP) is 3.84. The van der Waals surface area contributed by atoms with Gasteiger partial charge in [0.05, 0.1) is 0 Å². The van der Waals surface area contributed by atoms with Crippen molar-refractivity contribution in [3.05, 3.63) is 53.3 Å². The van der Waals surface area contributed by atoms with Gasteiger partial charge in [0.2, 0.25) is 5.95 Å². The summed E-state index contributed by atoms with van der Waals surface area (Å²) in [5, 5.41) is 0. The van der Waals surface area contributed by atoms with Crippen LogP contribution in [0.15, 0.2) is 36.4 Å². The minimum absolute atomic E-state index is 0.0604. The largest absolute Gasteiger partial charge is 0.433 e. The van der Waals surface area contributed by atoms with E-state index in [-0.39, 0.29) is 19.2 Å². The van der Waals surface area contributed by atoms with Gasteiger partial charge in [-0.1, -0.05) is 30.3 Å². The van der Waals surface area contributed by atoms with Crippen molar-refractivity contribution in [3.63, 3.8) is 0 Å². The maximum atomic E-state index is 12.9. The van der Waals surface area contributed by atoms with Crippen molar-refractivity contribution in [2.45, 2.75) is 18.9 Å². The number of aromatic nitrogens is 2. The fraction of sp³-hybridized carbons (Fsp3) is 0.412. The Labute approximate surface area is 151 Å². The predicted molar refractivity (Wildman–Crippen MR) is 86.0 cm³/mol. The van der Waals surface area contributed by atoms with Gasteiger partial charge in [-0.2, -0.15) is 26.3 Å². The molecule has 0 spiro atoms. The van der Waals surface area contributed by atoms with E-state index in [0.717, 1.165) is 5.56 Å². The molecule has 0 saturated carbocycles. The molecule has 0 bridgehead atoms. The zero-order valence-corrected chi connectivity index (χ0v) is 14.1. The molecule has 0 N–H and O–H groups in total. The van der Waals surface area contributed by atoms with E-state index < -0.39 is 29.7 Å². The lowest BCUT2D eigenvalue weighted by atomic mass is 10.2. The van der Waals surface area contributed by atoms with Crippen molar-refractivity contribution in [2.24, 2.45) is 0 Å². The van der Waals surface area contributed by atoms with Crippen LogP contribution in [0.1, 0.15) is 17.0 Å². The summed E-state index contributed by atoms with van der Waals surface area (Å²) in [6.07, 6.45) is -9.96. The lowest BCUT2D eigenvalue weighted by Gasteiger charge is -2.35. The molecule has 0 aliphatic carbocycles. The van der Waals surface area contributed by atoms with Gasteiger partial charge in [-0.25, -0.2) is 9.97 Å². The Balaban J connectivity index is 1.75. The van der Waals surface area contributed by atoms with E-state index in [2.05, 4.69) is 14.9 Å². The van der Waals surface area contributed by atoms with Crippen LogP contribution in [0, 0.1) is 0 Å². The van der Waals surface area contributed by atoms with Crippen molar-refractivity contribution in [3.8, 4) is 0 Å². The summed E-state index contributed by atoms with van der Waals surface area (Å²) < 4.78 is 77.5. The first-order valence-corrected chi connectivity index (χ1v) is 8.17. The zero-order chi connectivity index (χ0) is 19.7. The van der Waals surface area contributed by atoms with Crippen LogP contribution in [0.25, 0.3) is 0 Å². The number of nitrogens with zero attached hydrogens (tertiary/aromatic N) is 4. The summed E-state index contributed by atoms with van der Waals surface area (Å²) in [7, 11) is 0. The van der Waals surface area contributed by atoms with Gasteiger partial charge in [-0.05, 0) is 11.6 Å². The van der Waals surface area contributed by atoms with Crippen LogP contribution in [-0.4, -0.2) is 41.0 Å². The third kappa shape index (κ3) is 4.88. The maximum absolute atomic E-state index is 12.9. The molecular weight excluding hydrogens is 374 g/mol. The topological polar surface area (TPSA) is 32.3 Å². The van der Waals surface area contributed by atoms with Crippen LogP contribution in [0.2, 0.25) is 0 Å². The van der Waals surface area contributed by atoms with E-state index in [4.69, 9.17) is 0 Å². The first kappa shape index (κ1) is 19.4. The molecule has 1 aliphatic rings. The number of halogens is 6. The fourth-order valence-corrected chi connectivity index (χ4v) is 2.81. The summed E-state index contributed by atoms with van der Waals surface area (Å²) in [5.41, 5.74) is -2.10. The number of anilines is 1. The van der Waals surface area contributed by atoms with Gasteiger partial charge < -0.3 is 4.90 Å². The van der Waals surface area contributed by atoms with Crippen molar-refractivity contribution in [1.29, 1.82) is 0 Å². The summed E-state index contributed by atoms with van der Waals surface area (Å²) in [5.74, 6) is -0.545. The van der Waals surface area contributed by atoms with E-state index in [0.29, 0.717) is 19.6 Å². The molecule has 1 fully saturated rings. The van der Waals surface area contributed by atoms with Crippen LogP contribution in [-0.2, 0) is 18.9 Å². The Morgan fingerprint density at radius 2 is 1.30 bits per heavy atom. The van der Waals surface area contributed by atoms with E-state index in [1.807, 2.05) is 30.3 Å². The highest BCUT2D eigenvalue weighted by molar-refractivity contribution is 5.35. The maximum Gasteiger partial charge on any atom is 0.433 e. The van der Waals surface area contributed by atoms with Gasteiger partial charge in [0.1, 0.15) is 0 Å². The normalized spacial score (nSPS) is 16.6. The first-order valence-electron chi connectivity index (χ1n) is 8.17. The molecule has 27 heavy (non-hydrogen) atoms. The summed E-state index contributed by atoms with van der Waals surface area (Å²) in [4.78, 5) is 10.1. The van der Waals surface area contributed by atoms with Gasteiger partial charge in [-0.3, -0.25) is 4.90 Å². The molecule has 0 atom stereocenters. The zero-order valence-electron chi connectivity index (χ0n) is 14.1. The van der Waals surface area contributed by atoms with E-state index in [9.17, 15) is 26.3 Å². The molecule has 1 aliphatic heterocycles. The van der Waals surface area contributed by atoms with Gasteiger partial charge in [0.25, 0.3) is 0 Å². The Morgan fingerprint density at radius 1 is 0.778 bits per heavy atom. The first-order chi connectivity index (χ1) is 12.6. The minimum Gasteiger partial charge on any atom is -0.338 e. The third-order valence-corrected chi connectivity index (χ3v) is 4.20. The average molecular weight is 390 g/mol. The third-order valence-electron chi connectivity index (χ3n) is 4.20. The molecule has 0 radical (unpaired) electrons. The molecule has 2 heterocycles. The van der Waals surface area contributed by atoms with Crippen LogP contribution in [0.5, 0.6) is 0 Å². The Hall–Kier alpha value is -2.36. The Bertz CT molecular complexity index is 735. The van der Waals surface area contributed by atoms with E-state index in [1.165, 1.54) is 4.90 Å². The highest BCUT2D eigenvalue weighted by atomic mass is 19.4. The summed E-state index contributed by atoms with van der Waals surface area (Å²) in [6, 6.07) is 9.55. The second-order valence-corrected chi connectivity index (χ2v) is 6.18. The second kappa shape index (κ2) is 7.34. The van der Waals surface area contributed by atoms with Gasteiger partial charge in [0.15, 0.2) is 11.4 Å². The molecular formula is C17H16F6N4. The number of alkyl halides is 6. The SMILES string of the molecule is FC(F)(F)c1cc(C(F)(F)F)nc(N2CCN(Cc3ccccc3)CC2)n1. The lowest BCUT2D eigenvalue weighted by molar-refractivity contribution is -0.147. The minimum atomic E-state index is -4.98. The molecule has 1 aromatic heterocycles. The number of hydrogen-bond acceptors (Lipinski definition) is 4. The highest BCUT2D eigenvalue weighted by Crippen LogP contribution is 2.34. The Morgan fingerprint density at radius 3 is 1.78 bits per heavy atom. The van der Waals surface area contributed by atoms with Gasteiger partial charge in [-0.15, -0.1) is 0 Å². The highest BCUT2D eigenvalue weighted by Gasteiger charge is 2.40. The van der Waals surface area contributed by atoms with Crippen molar-refractivity contribution < 1.29 is 26.3 Å². The molecule has 0 unspecified atom stereocenters. The molecule has 10 heteroatoms. The number of benzene rings is 1. The lowest BCUT2D eigenvalue weighted by Crippen LogP contribution is -2.46. The van der Waals surface area contributed by atoms with Crippen LogP contribution < -0.4 is 4.90 Å². The van der Waals surface area contributed by atoms with E-state index >= 15 is 0 Å². The quantitative estimate of drug-likeness (QED) is 0.746. The van der Waals surface area contributed by atoms with Crippen molar-refractivity contribution in [2.75, 3.05) is 31.1 Å². The van der Waals surface area contributed by atoms with Gasteiger partial charge >= 0.3 is 12.4 Å². The fourth-order valence-electron chi connectivity index (χ4n) is 2.81. The summed E-state index contributed by atoms with van der Waals surface area (Å²) in [6.45, 7) is 2.11. The molecule has 146 valence electrons. The van der Waals surface area contributed by atoms with E-state index in [1.54, 1.807) is 0 Å². The molecule has 2 aromatic rings. The van der Waals surface area contributed by atoms with Crippen molar-refractivity contribution >= 4 is 5.95 Å². The molecule has 1 saturated heterocycles. The second-order valence-electron chi connectivity index (χ2n) is 6.18. The Kier molecular flexibility index (Phi) is 5.27. The van der Waals surface area contributed by atoms with Gasteiger partial charge in [0, 0.05) is 32.7 Å². The van der Waals surface area contributed by atoms with Crippen LogP contribution in [0.3, 0.4) is 0 Å². The smallest absolute Gasteiger partial charge is 0.338 e. The standard InChI is InChI=1S/C17H16F6N4/c18-16(19,20)13-10-14(17(21,22)23)25-15(24-13)27-8-6-26(7-9-27)11-12-4-2-1-3-5-12/h1-5,10H,6-9,11H2. The average Bonchev–Trinajstić information content (AvgIpc) is 2.61. The monoisotopic (exact) mass is 390 g/mol. The number of hydrogen-bond donors (Lipinski definition) is 0. The molecule has 1 aromatic carbocycles.